The number of carbonyl (C=O) groups is 1. The molecule has 0 aliphatic rings. The predicted molar refractivity (Wildman–Crippen MR) is 75.9 cm³/mol. The Morgan fingerprint density at radius 2 is 2.35 bits per heavy atom. The van der Waals surface area contributed by atoms with Crippen molar-refractivity contribution >= 4 is 17.5 Å². The van der Waals surface area contributed by atoms with Gasteiger partial charge >= 0.3 is 0 Å². The first-order valence-corrected chi connectivity index (χ1v) is 6.60. The van der Waals surface area contributed by atoms with Crippen molar-refractivity contribution in [2.45, 2.75) is 26.1 Å². The molecule has 2 rings (SSSR count). The second-order valence-electron chi connectivity index (χ2n) is 4.46. The summed E-state index contributed by atoms with van der Waals surface area (Å²) >= 11 is 5.93. The number of hydrogen-bond acceptors (Lipinski definition) is 4. The molecule has 0 aliphatic heterocycles. The van der Waals surface area contributed by atoms with E-state index < -0.39 is 0 Å². The lowest BCUT2D eigenvalue weighted by molar-refractivity contribution is -0.122. The van der Waals surface area contributed by atoms with Crippen LogP contribution < -0.4 is 11.1 Å². The largest absolute Gasteiger partial charge is 0.348 e. The maximum atomic E-state index is 11.9. The van der Waals surface area contributed by atoms with Crippen LogP contribution in [0.25, 0.3) is 0 Å². The Morgan fingerprint density at radius 3 is 3.00 bits per heavy atom. The topological polar surface area (TPSA) is 85.8 Å². The Morgan fingerprint density at radius 1 is 1.55 bits per heavy atom. The van der Waals surface area contributed by atoms with Gasteiger partial charge in [-0.2, -0.15) is 0 Å². The van der Waals surface area contributed by atoms with E-state index in [1.807, 2.05) is 25.1 Å². The highest BCUT2D eigenvalue weighted by molar-refractivity contribution is 6.30. The Hall–Kier alpha value is -1.92. The predicted octanol–water partition coefficient (Wildman–Crippen LogP) is 1.27. The quantitative estimate of drug-likeness (QED) is 0.869. The van der Waals surface area contributed by atoms with Gasteiger partial charge in [0.15, 0.2) is 0 Å². The molecule has 2 aromatic rings. The summed E-state index contributed by atoms with van der Waals surface area (Å²) in [5.41, 5.74) is 7.04. The van der Waals surface area contributed by atoms with Gasteiger partial charge in [-0.25, -0.2) is 4.68 Å². The van der Waals surface area contributed by atoms with Crippen LogP contribution in [0.2, 0.25) is 5.02 Å². The molecule has 0 saturated heterocycles. The number of amides is 1. The minimum absolute atomic E-state index is 0.109. The number of halogens is 1. The Bertz CT molecular complexity index is 598. The van der Waals surface area contributed by atoms with E-state index in [2.05, 4.69) is 15.6 Å². The van der Waals surface area contributed by atoms with Gasteiger partial charge in [-0.05, 0) is 24.6 Å². The van der Waals surface area contributed by atoms with Crippen molar-refractivity contribution in [3.05, 3.63) is 46.7 Å². The third kappa shape index (κ3) is 3.79. The SMILES string of the molecule is C[C@@H](NC(=O)Cn1cc(CN)nn1)c1cccc(Cl)c1. The molecule has 106 valence electrons. The van der Waals surface area contributed by atoms with Crippen molar-refractivity contribution in [1.29, 1.82) is 0 Å². The third-order valence-corrected chi connectivity index (χ3v) is 3.06. The van der Waals surface area contributed by atoms with Gasteiger partial charge in [0.2, 0.25) is 5.91 Å². The summed E-state index contributed by atoms with van der Waals surface area (Å²) in [6.45, 7) is 2.31. The van der Waals surface area contributed by atoms with Crippen molar-refractivity contribution in [3.63, 3.8) is 0 Å². The Kier molecular flexibility index (Phi) is 4.70. The van der Waals surface area contributed by atoms with Crippen LogP contribution in [0.4, 0.5) is 0 Å². The second kappa shape index (κ2) is 6.49. The van der Waals surface area contributed by atoms with Crippen LogP contribution in [0.1, 0.15) is 24.2 Å². The molecule has 0 bridgehead atoms. The Balaban J connectivity index is 1.94. The number of rotatable bonds is 5. The summed E-state index contributed by atoms with van der Waals surface area (Å²) in [5.74, 6) is -0.147. The van der Waals surface area contributed by atoms with Crippen LogP contribution in [0.3, 0.4) is 0 Å². The molecular formula is C13H16ClN5O. The number of aromatic nitrogens is 3. The fraction of sp³-hybridized carbons (Fsp3) is 0.308. The summed E-state index contributed by atoms with van der Waals surface area (Å²) in [6, 6.07) is 7.26. The molecule has 20 heavy (non-hydrogen) atoms. The van der Waals surface area contributed by atoms with Crippen molar-refractivity contribution in [2.75, 3.05) is 0 Å². The number of nitrogens with two attached hydrogens (primary N) is 1. The molecular weight excluding hydrogens is 278 g/mol. The lowest BCUT2D eigenvalue weighted by atomic mass is 10.1. The van der Waals surface area contributed by atoms with Crippen molar-refractivity contribution < 1.29 is 4.79 Å². The van der Waals surface area contributed by atoms with Crippen LogP contribution in [0.15, 0.2) is 30.5 Å². The van der Waals surface area contributed by atoms with E-state index in [0.29, 0.717) is 17.3 Å². The van der Waals surface area contributed by atoms with Crippen LogP contribution in [-0.2, 0) is 17.9 Å². The molecule has 0 saturated carbocycles. The highest BCUT2D eigenvalue weighted by atomic mass is 35.5. The lowest BCUT2D eigenvalue weighted by Crippen LogP contribution is -2.30. The molecule has 0 spiro atoms. The smallest absolute Gasteiger partial charge is 0.242 e. The van der Waals surface area contributed by atoms with Crippen molar-refractivity contribution in [3.8, 4) is 0 Å². The number of nitrogens with zero attached hydrogens (tertiary/aromatic N) is 3. The summed E-state index contributed by atoms with van der Waals surface area (Å²) in [4.78, 5) is 11.9. The summed E-state index contributed by atoms with van der Waals surface area (Å²) in [6.07, 6.45) is 1.66. The molecule has 1 heterocycles. The first kappa shape index (κ1) is 14.5. The minimum Gasteiger partial charge on any atom is -0.348 e. The number of benzene rings is 1. The maximum absolute atomic E-state index is 11.9. The van der Waals surface area contributed by atoms with Gasteiger partial charge in [0.05, 0.1) is 17.9 Å². The fourth-order valence-corrected chi connectivity index (χ4v) is 2.00. The second-order valence-corrected chi connectivity index (χ2v) is 4.89. The first-order chi connectivity index (χ1) is 9.58. The molecule has 0 radical (unpaired) electrons. The molecule has 3 N–H and O–H groups in total. The summed E-state index contributed by atoms with van der Waals surface area (Å²) < 4.78 is 1.46. The van der Waals surface area contributed by atoms with Gasteiger partial charge in [0.1, 0.15) is 6.54 Å². The zero-order chi connectivity index (χ0) is 14.5. The molecule has 1 aromatic heterocycles. The van der Waals surface area contributed by atoms with Crippen LogP contribution in [-0.4, -0.2) is 20.9 Å². The standard InChI is InChI=1S/C13H16ClN5O/c1-9(10-3-2-4-11(14)5-10)16-13(20)8-19-7-12(6-15)17-18-19/h2-5,7,9H,6,8,15H2,1H3,(H,16,20)/t9-/m1/s1. The minimum atomic E-state index is -0.147. The molecule has 0 aliphatic carbocycles. The average molecular weight is 294 g/mol. The van der Waals surface area contributed by atoms with E-state index in [1.54, 1.807) is 12.3 Å². The Labute approximate surface area is 121 Å². The van der Waals surface area contributed by atoms with E-state index in [-0.39, 0.29) is 18.5 Å². The monoisotopic (exact) mass is 293 g/mol. The molecule has 7 heteroatoms. The summed E-state index contributed by atoms with van der Waals surface area (Å²) in [5, 5.41) is 11.2. The van der Waals surface area contributed by atoms with E-state index >= 15 is 0 Å². The number of nitrogens with one attached hydrogen (secondary N) is 1. The first-order valence-electron chi connectivity index (χ1n) is 6.22. The van der Waals surface area contributed by atoms with Gasteiger partial charge in [-0.15, -0.1) is 5.10 Å². The number of hydrogen-bond donors (Lipinski definition) is 2. The van der Waals surface area contributed by atoms with Crippen LogP contribution in [0.5, 0.6) is 0 Å². The summed E-state index contributed by atoms with van der Waals surface area (Å²) in [7, 11) is 0. The van der Waals surface area contributed by atoms with E-state index in [4.69, 9.17) is 17.3 Å². The van der Waals surface area contributed by atoms with Crippen LogP contribution in [0, 0.1) is 0 Å². The van der Waals surface area contributed by atoms with Gasteiger partial charge < -0.3 is 11.1 Å². The zero-order valence-electron chi connectivity index (χ0n) is 11.1. The lowest BCUT2D eigenvalue weighted by Gasteiger charge is -2.14. The van der Waals surface area contributed by atoms with E-state index in [0.717, 1.165) is 5.56 Å². The normalized spacial score (nSPS) is 12.2. The molecule has 0 unspecified atom stereocenters. The fourth-order valence-electron chi connectivity index (χ4n) is 1.80. The van der Waals surface area contributed by atoms with Crippen molar-refractivity contribution in [1.82, 2.24) is 20.3 Å². The molecule has 1 amide bonds. The van der Waals surface area contributed by atoms with Gasteiger partial charge in [0.25, 0.3) is 0 Å². The van der Waals surface area contributed by atoms with Gasteiger partial charge in [-0.1, -0.05) is 28.9 Å². The molecule has 1 atom stereocenters. The third-order valence-electron chi connectivity index (χ3n) is 2.83. The van der Waals surface area contributed by atoms with E-state index in [9.17, 15) is 4.79 Å². The van der Waals surface area contributed by atoms with Gasteiger partial charge in [-0.3, -0.25) is 4.79 Å². The molecule has 1 aromatic carbocycles. The molecule has 0 fully saturated rings. The van der Waals surface area contributed by atoms with Gasteiger partial charge in [0, 0.05) is 11.6 Å². The molecule has 6 nitrogen and oxygen atoms in total. The number of carbonyl (C=O) groups excluding carboxylic acids is 1. The zero-order valence-corrected chi connectivity index (χ0v) is 11.8. The van der Waals surface area contributed by atoms with Crippen molar-refractivity contribution in [2.24, 2.45) is 5.73 Å². The average Bonchev–Trinajstić information content (AvgIpc) is 2.86. The van der Waals surface area contributed by atoms with E-state index in [1.165, 1.54) is 4.68 Å². The van der Waals surface area contributed by atoms with Crippen LogP contribution >= 0.6 is 11.6 Å². The highest BCUT2D eigenvalue weighted by Crippen LogP contribution is 2.17. The highest BCUT2D eigenvalue weighted by Gasteiger charge is 2.11. The maximum Gasteiger partial charge on any atom is 0.242 e.